The number of rotatable bonds is 18. The quantitative estimate of drug-likeness (QED) is 0.329. The number of hydrogen-bond donors (Lipinski definition) is 2. The summed E-state index contributed by atoms with van der Waals surface area (Å²) in [6.45, 7) is 1.15. The van der Waals surface area contributed by atoms with Crippen LogP contribution in [0.2, 0.25) is 0 Å². The average molecular weight is 366 g/mol. The van der Waals surface area contributed by atoms with Gasteiger partial charge in [-0.15, -0.1) is 12.4 Å². The fourth-order valence-corrected chi connectivity index (χ4v) is 3.13. The topological polar surface area (TPSA) is 43.7 Å². The molecule has 0 saturated heterocycles. The molecule has 0 rings (SSSR count). The minimum atomic E-state index is -0.145. The second-order valence-corrected chi connectivity index (χ2v) is 7.38. The minimum Gasteiger partial charge on any atom is -0.396 e. The number of hydrogen-bond acceptors (Lipinski definition) is 3. The summed E-state index contributed by atoms with van der Waals surface area (Å²) in [7, 11) is 4.03. The van der Waals surface area contributed by atoms with Gasteiger partial charge in [-0.05, 0) is 26.9 Å². The Bertz CT molecular complexity index is 228. The van der Waals surface area contributed by atoms with Gasteiger partial charge in [0.1, 0.15) is 0 Å². The lowest BCUT2D eigenvalue weighted by Gasteiger charge is -2.15. The van der Waals surface area contributed by atoms with Crippen LogP contribution in [0.15, 0.2) is 0 Å². The third-order valence-electron chi connectivity index (χ3n) is 4.52. The third kappa shape index (κ3) is 22.2. The molecule has 4 heteroatoms. The first-order valence-electron chi connectivity index (χ1n) is 10.1. The molecule has 0 spiro atoms. The molecule has 0 radical (unpaired) electrons. The molecule has 1 unspecified atom stereocenters. The second kappa shape index (κ2) is 21.2. The largest absolute Gasteiger partial charge is 0.396 e. The van der Waals surface area contributed by atoms with E-state index in [4.69, 9.17) is 5.11 Å². The van der Waals surface area contributed by atoms with Crippen molar-refractivity contribution < 1.29 is 10.2 Å². The first-order chi connectivity index (χ1) is 11.2. The Morgan fingerprint density at radius 2 is 0.958 bits per heavy atom. The van der Waals surface area contributed by atoms with Crippen LogP contribution in [0.3, 0.4) is 0 Å². The van der Waals surface area contributed by atoms with Crippen LogP contribution < -0.4 is 0 Å². The Hall–Kier alpha value is 0.170. The summed E-state index contributed by atoms with van der Waals surface area (Å²) in [5.74, 6) is 0. The van der Waals surface area contributed by atoms with Crippen LogP contribution in [0.1, 0.15) is 96.3 Å². The Balaban J connectivity index is 0. The van der Waals surface area contributed by atoms with Gasteiger partial charge in [-0.2, -0.15) is 0 Å². The van der Waals surface area contributed by atoms with E-state index in [-0.39, 0.29) is 18.5 Å². The van der Waals surface area contributed by atoms with Crippen LogP contribution in [-0.2, 0) is 0 Å². The zero-order valence-electron chi connectivity index (χ0n) is 16.3. The van der Waals surface area contributed by atoms with Gasteiger partial charge in [0.25, 0.3) is 0 Å². The van der Waals surface area contributed by atoms with Gasteiger partial charge in [0.2, 0.25) is 0 Å². The predicted molar refractivity (Wildman–Crippen MR) is 108 cm³/mol. The normalized spacial score (nSPS) is 12.4. The van der Waals surface area contributed by atoms with Gasteiger partial charge in [-0.3, -0.25) is 0 Å². The smallest absolute Gasteiger partial charge is 0.0666 e. The van der Waals surface area contributed by atoms with Crippen LogP contribution in [0, 0.1) is 0 Å². The highest BCUT2D eigenvalue weighted by molar-refractivity contribution is 5.85. The molecular weight excluding hydrogens is 322 g/mol. The molecule has 0 bridgehead atoms. The molecule has 24 heavy (non-hydrogen) atoms. The van der Waals surface area contributed by atoms with E-state index < -0.39 is 0 Å². The van der Waals surface area contributed by atoms with Crippen LogP contribution in [-0.4, -0.2) is 48.5 Å². The molecule has 0 heterocycles. The molecule has 0 saturated carbocycles. The van der Waals surface area contributed by atoms with E-state index in [1.165, 1.54) is 83.5 Å². The fraction of sp³-hybridized carbons (Fsp3) is 1.00. The molecule has 0 amide bonds. The lowest BCUT2D eigenvalue weighted by molar-refractivity contribution is 0.125. The maximum Gasteiger partial charge on any atom is 0.0666 e. The maximum atomic E-state index is 9.77. The Labute approximate surface area is 157 Å². The lowest BCUT2D eigenvalue weighted by Crippen LogP contribution is -2.25. The van der Waals surface area contributed by atoms with Crippen molar-refractivity contribution in [1.82, 2.24) is 4.90 Å². The SMILES string of the molecule is CN(C)CC(O)CCCCCCCCCCCCCCCCO.Cl. The third-order valence-corrected chi connectivity index (χ3v) is 4.52. The van der Waals surface area contributed by atoms with Crippen molar-refractivity contribution in [1.29, 1.82) is 0 Å². The molecule has 2 N–H and O–H groups in total. The van der Waals surface area contributed by atoms with Gasteiger partial charge in [-0.25, -0.2) is 0 Å². The summed E-state index contributed by atoms with van der Waals surface area (Å²) in [4.78, 5) is 2.06. The Kier molecular flexibility index (Phi) is 23.3. The van der Waals surface area contributed by atoms with E-state index in [0.29, 0.717) is 6.61 Å². The highest BCUT2D eigenvalue weighted by atomic mass is 35.5. The zero-order chi connectivity index (χ0) is 17.2. The van der Waals surface area contributed by atoms with Gasteiger partial charge in [0, 0.05) is 13.2 Å². The molecule has 0 fully saturated rings. The Morgan fingerprint density at radius 3 is 1.29 bits per heavy atom. The molecular formula is C20H44ClNO2. The zero-order valence-corrected chi connectivity index (χ0v) is 17.2. The standard InChI is InChI=1S/C20H43NO2.ClH/c1-21(2)19-20(23)17-15-13-11-9-7-5-3-4-6-8-10-12-14-16-18-22;/h20,22-23H,3-19H2,1-2H3;1H. The lowest BCUT2D eigenvalue weighted by atomic mass is 10.0. The summed E-state index contributed by atoms with van der Waals surface area (Å²) >= 11 is 0. The van der Waals surface area contributed by atoms with Crippen LogP contribution in [0.4, 0.5) is 0 Å². The summed E-state index contributed by atoms with van der Waals surface area (Å²) in [5, 5.41) is 18.5. The van der Waals surface area contributed by atoms with E-state index in [9.17, 15) is 5.11 Å². The van der Waals surface area contributed by atoms with Gasteiger partial charge < -0.3 is 15.1 Å². The van der Waals surface area contributed by atoms with Gasteiger partial charge >= 0.3 is 0 Å². The van der Waals surface area contributed by atoms with E-state index >= 15 is 0 Å². The van der Waals surface area contributed by atoms with E-state index in [1.54, 1.807) is 0 Å². The minimum absolute atomic E-state index is 0. The van der Waals surface area contributed by atoms with Crippen LogP contribution in [0.25, 0.3) is 0 Å². The van der Waals surface area contributed by atoms with Crippen molar-refractivity contribution in [3.63, 3.8) is 0 Å². The Morgan fingerprint density at radius 1 is 0.625 bits per heavy atom. The molecule has 1 atom stereocenters. The first kappa shape index (κ1) is 26.4. The maximum absolute atomic E-state index is 9.77. The summed E-state index contributed by atoms with van der Waals surface area (Å²) in [5.41, 5.74) is 0. The molecule has 0 aromatic rings. The number of halogens is 1. The van der Waals surface area contributed by atoms with Crippen LogP contribution in [0.5, 0.6) is 0 Å². The van der Waals surface area contributed by atoms with Crippen molar-refractivity contribution in [3.05, 3.63) is 0 Å². The summed E-state index contributed by atoms with van der Waals surface area (Å²) < 4.78 is 0. The molecule has 148 valence electrons. The monoisotopic (exact) mass is 365 g/mol. The average Bonchev–Trinajstić information content (AvgIpc) is 2.50. The number of aliphatic hydroxyl groups is 2. The van der Waals surface area contributed by atoms with E-state index in [1.807, 2.05) is 14.1 Å². The fourth-order valence-electron chi connectivity index (χ4n) is 3.13. The van der Waals surface area contributed by atoms with Crippen molar-refractivity contribution in [3.8, 4) is 0 Å². The van der Waals surface area contributed by atoms with Crippen LogP contribution >= 0.6 is 12.4 Å². The molecule has 0 aliphatic heterocycles. The highest BCUT2D eigenvalue weighted by Gasteiger charge is 2.04. The van der Waals surface area contributed by atoms with Crippen molar-refractivity contribution in [2.24, 2.45) is 0 Å². The number of nitrogens with zero attached hydrogens (tertiary/aromatic N) is 1. The second-order valence-electron chi connectivity index (χ2n) is 7.38. The summed E-state index contributed by atoms with van der Waals surface area (Å²) in [6.07, 6.45) is 19.1. The van der Waals surface area contributed by atoms with E-state index in [0.717, 1.165) is 19.4 Å². The molecule has 0 aliphatic rings. The van der Waals surface area contributed by atoms with Crippen molar-refractivity contribution in [2.75, 3.05) is 27.2 Å². The number of likely N-dealkylation sites (N-methyl/N-ethyl adjacent to an activating group) is 1. The molecule has 3 nitrogen and oxygen atoms in total. The number of aliphatic hydroxyl groups excluding tert-OH is 2. The molecule has 0 aromatic carbocycles. The van der Waals surface area contributed by atoms with Gasteiger partial charge in [0.05, 0.1) is 6.10 Å². The number of unbranched alkanes of at least 4 members (excludes halogenated alkanes) is 13. The predicted octanol–water partition coefficient (Wildman–Crippen LogP) is 5.17. The molecule has 0 aliphatic carbocycles. The van der Waals surface area contributed by atoms with Crippen molar-refractivity contribution in [2.45, 2.75) is 102 Å². The highest BCUT2D eigenvalue weighted by Crippen LogP contribution is 2.13. The molecule has 0 aromatic heterocycles. The first-order valence-corrected chi connectivity index (χ1v) is 10.1. The van der Waals surface area contributed by atoms with E-state index in [2.05, 4.69) is 4.90 Å². The summed E-state index contributed by atoms with van der Waals surface area (Å²) in [6, 6.07) is 0. The van der Waals surface area contributed by atoms with Gasteiger partial charge in [-0.1, -0.05) is 83.5 Å². The van der Waals surface area contributed by atoms with Gasteiger partial charge in [0.15, 0.2) is 0 Å². The van der Waals surface area contributed by atoms with Crippen molar-refractivity contribution >= 4 is 12.4 Å².